The third kappa shape index (κ3) is 3.80. The molecule has 0 aromatic heterocycles. The van der Waals surface area contributed by atoms with E-state index in [0.717, 1.165) is 28.2 Å². The van der Waals surface area contributed by atoms with E-state index < -0.39 is 0 Å². The number of thioether (sulfide) groups is 1. The van der Waals surface area contributed by atoms with Crippen molar-refractivity contribution >= 4 is 33.4 Å². The molecule has 78 valence electrons. The predicted molar refractivity (Wildman–Crippen MR) is 67.6 cm³/mol. The van der Waals surface area contributed by atoms with E-state index in [1.807, 2.05) is 30.0 Å². The van der Waals surface area contributed by atoms with Crippen molar-refractivity contribution in [3.8, 4) is 5.75 Å². The van der Waals surface area contributed by atoms with Gasteiger partial charge in [0.25, 0.3) is 0 Å². The maximum Gasteiger partial charge on any atom is 0.122 e. The maximum atomic E-state index is 5.17. The molecule has 0 aliphatic heterocycles. The summed E-state index contributed by atoms with van der Waals surface area (Å²) in [5.41, 5.74) is 1.09. The highest BCUT2D eigenvalue weighted by Gasteiger charge is 1.98. The van der Waals surface area contributed by atoms with Gasteiger partial charge in [0.1, 0.15) is 5.75 Å². The first kappa shape index (κ1) is 11.7. The molecule has 1 rings (SSSR count). The molecule has 0 saturated carbocycles. The maximum absolute atomic E-state index is 5.17. The molecule has 0 heterocycles. The van der Waals surface area contributed by atoms with E-state index in [0.29, 0.717) is 0 Å². The first-order valence-electron chi connectivity index (χ1n) is 4.33. The van der Waals surface area contributed by atoms with Crippen LogP contribution in [-0.2, 0) is 0 Å². The van der Waals surface area contributed by atoms with Crippen LogP contribution >= 0.6 is 27.7 Å². The average Bonchev–Trinajstić information content (AvgIpc) is 2.17. The zero-order valence-electron chi connectivity index (χ0n) is 8.34. The number of hydrogen-bond donors (Lipinski definition) is 1. The minimum Gasteiger partial charge on any atom is -0.497 e. The highest BCUT2D eigenvalue weighted by molar-refractivity contribution is 9.10. The fourth-order valence-electron chi connectivity index (χ4n) is 1.08. The van der Waals surface area contributed by atoms with E-state index in [1.165, 1.54) is 0 Å². The number of ether oxygens (including phenoxy) is 1. The van der Waals surface area contributed by atoms with Crippen LogP contribution in [0.4, 0.5) is 5.69 Å². The Hall–Kier alpha value is -0.350. The lowest BCUT2D eigenvalue weighted by Crippen LogP contribution is -2.03. The van der Waals surface area contributed by atoms with Crippen molar-refractivity contribution in [3.05, 3.63) is 22.7 Å². The molecule has 4 heteroatoms. The lowest BCUT2D eigenvalue weighted by atomic mass is 10.3. The smallest absolute Gasteiger partial charge is 0.122 e. The molecule has 0 aliphatic carbocycles. The van der Waals surface area contributed by atoms with Gasteiger partial charge in [-0.2, -0.15) is 11.8 Å². The van der Waals surface area contributed by atoms with Crippen molar-refractivity contribution in [1.29, 1.82) is 0 Å². The Labute approximate surface area is 97.5 Å². The Balaban J connectivity index is 2.62. The minimum absolute atomic E-state index is 0.867. The van der Waals surface area contributed by atoms with Crippen LogP contribution in [0.5, 0.6) is 5.75 Å². The molecule has 0 fully saturated rings. The normalized spacial score (nSPS) is 9.93. The SMILES string of the molecule is COc1cc(Br)cc(NCCSC)c1. The third-order valence-electron chi connectivity index (χ3n) is 1.74. The van der Waals surface area contributed by atoms with E-state index in [9.17, 15) is 0 Å². The molecule has 1 aromatic carbocycles. The van der Waals surface area contributed by atoms with Crippen LogP contribution in [0.25, 0.3) is 0 Å². The molecule has 14 heavy (non-hydrogen) atoms. The molecule has 0 spiro atoms. The predicted octanol–water partition coefficient (Wildman–Crippen LogP) is 3.23. The lowest BCUT2D eigenvalue weighted by molar-refractivity contribution is 0.414. The van der Waals surface area contributed by atoms with E-state index in [4.69, 9.17) is 4.74 Å². The Morgan fingerprint density at radius 3 is 2.86 bits per heavy atom. The molecule has 0 aliphatic rings. The number of rotatable bonds is 5. The molecule has 1 N–H and O–H groups in total. The van der Waals surface area contributed by atoms with Crippen molar-refractivity contribution in [2.75, 3.05) is 31.0 Å². The van der Waals surface area contributed by atoms with Gasteiger partial charge in [0.2, 0.25) is 0 Å². The molecule has 2 nitrogen and oxygen atoms in total. The van der Waals surface area contributed by atoms with Gasteiger partial charge in [-0.15, -0.1) is 0 Å². The topological polar surface area (TPSA) is 21.3 Å². The van der Waals surface area contributed by atoms with Crippen LogP contribution in [-0.4, -0.2) is 25.7 Å². The number of nitrogens with one attached hydrogen (secondary N) is 1. The monoisotopic (exact) mass is 275 g/mol. The molecule has 0 bridgehead atoms. The van der Waals surface area contributed by atoms with Gasteiger partial charge in [-0.1, -0.05) is 15.9 Å². The zero-order valence-corrected chi connectivity index (χ0v) is 10.7. The van der Waals surface area contributed by atoms with Crippen molar-refractivity contribution in [3.63, 3.8) is 0 Å². The molecule has 0 atom stereocenters. The highest BCUT2D eigenvalue weighted by Crippen LogP contribution is 2.24. The van der Waals surface area contributed by atoms with Gasteiger partial charge < -0.3 is 10.1 Å². The van der Waals surface area contributed by atoms with Crippen LogP contribution in [0, 0.1) is 0 Å². The minimum atomic E-state index is 0.867. The van der Waals surface area contributed by atoms with Crippen LogP contribution in [0.15, 0.2) is 22.7 Å². The Morgan fingerprint density at radius 2 is 2.21 bits per heavy atom. The summed E-state index contributed by atoms with van der Waals surface area (Å²) in [6.07, 6.45) is 2.10. The fourth-order valence-corrected chi connectivity index (χ4v) is 1.86. The molecular formula is C10H14BrNOS. The number of benzene rings is 1. The first-order valence-corrected chi connectivity index (χ1v) is 6.52. The summed E-state index contributed by atoms with van der Waals surface area (Å²) in [4.78, 5) is 0. The van der Waals surface area contributed by atoms with Gasteiger partial charge in [-0.3, -0.25) is 0 Å². The van der Waals surface area contributed by atoms with Gasteiger partial charge in [0.05, 0.1) is 7.11 Å². The van der Waals surface area contributed by atoms with Crippen molar-refractivity contribution in [2.24, 2.45) is 0 Å². The van der Waals surface area contributed by atoms with Crippen molar-refractivity contribution in [2.45, 2.75) is 0 Å². The van der Waals surface area contributed by atoms with Crippen LogP contribution in [0.3, 0.4) is 0 Å². The van der Waals surface area contributed by atoms with E-state index in [-0.39, 0.29) is 0 Å². The zero-order chi connectivity index (χ0) is 10.4. The summed E-state index contributed by atoms with van der Waals surface area (Å²) in [6.45, 7) is 0.973. The molecular weight excluding hydrogens is 262 g/mol. The van der Waals surface area contributed by atoms with Crippen LogP contribution in [0.2, 0.25) is 0 Å². The summed E-state index contributed by atoms with van der Waals surface area (Å²) in [5.74, 6) is 1.97. The van der Waals surface area contributed by atoms with E-state index >= 15 is 0 Å². The summed E-state index contributed by atoms with van der Waals surface area (Å²) in [6, 6.07) is 5.98. The largest absolute Gasteiger partial charge is 0.497 e. The standard InChI is InChI=1S/C10H14BrNOS/c1-13-10-6-8(11)5-9(7-10)12-3-4-14-2/h5-7,12H,3-4H2,1-2H3. The van der Waals surface area contributed by atoms with Gasteiger partial charge in [0, 0.05) is 28.5 Å². The van der Waals surface area contributed by atoms with E-state index in [1.54, 1.807) is 7.11 Å². The number of anilines is 1. The van der Waals surface area contributed by atoms with Gasteiger partial charge >= 0.3 is 0 Å². The number of halogens is 1. The summed E-state index contributed by atoms with van der Waals surface area (Å²) in [7, 11) is 1.67. The van der Waals surface area contributed by atoms with Crippen LogP contribution < -0.4 is 10.1 Å². The first-order chi connectivity index (χ1) is 6.76. The average molecular weight is 276 g/mol. The fraction of sp³-hybridized carbons (Fsp3) is 0.400. The number of methoxy groups -OCH3 is 1. The van der Waals surface area contributed by atoms with Crippen molar-refractivity contribution < 1.29 is 4.74 Å². The molecule has 0 amide bonds. The highest BCUT2D eigenvalue weighted by atomic mass is 79.9. The number of hydrogen-bond acceptors (Lipinski definition) is 3. The Morgan fingerprint density at radius 1 is 1.43 bits per heavy atom. The summed E-state index contributed by atoms with van der Waals surface area (Å²) < 4.78 is 6.20. The molecule has 0 unspecified atom stereocenters. The van der Waals surface area contributed by atoms with Gasteiger partial charge in [-0.25, -0.2) is 0 Å². The van der Waals surface area contributed by atoms with Gasteiger partial charge in [0.15, 0.2) is 0 Å². The Bertz CT molecular complexity index is 293. The second-order valence-electron chi connectivity index (χ2n) is 2.80. The summed E-state index contributed by atoms with van der Waals surface area (Å²) >= 11 is 5.27. The van der Waals surface area contributed by atoms with Crippen molar-refractivity contribution in [1.82, 2.24) is 0 Å². The van der Waals surface area contributed by atoms with E-state index in [2.05, 4.69) is 27.5 Å². The third-order valence-corrected chi connectivity index (χ3v) is 2.81. The molecule has 0 saturated heterocycles. The molecule has 1 aromatic rings. The van der Waals surface area contributed by atoms with Gasteiger partial charge in [-0.05, 0) is 18.4 Å². The molecule has 0 radical (unpaired) electrons. The summed E-state index contributed by atoms with van der Waals surface area (Å²) in [5, 5.41) is 3.33. The Kier molecular flexibility index (Phi) is 5.19. The second kappa shape index (κ2) is 6.19. The van der Waals surface area contributed by atoms with Crippen LogP contribution in [0.1, 0.15) is 0 Å². The lowest BCUT2D eigenvalue weighted by Gasteiger charge is -2.08. The quantitative estimate of drug-likeness (QED) is 0.834. The second-order valence-corrected chi connectivity index (χ2v) is 4.70.